The molecule has 1 heterocycles. The smallest absolute Gasteiger partial charge is 0.242 e. The Labute approximate surface area is 119 Å². The van der Waals surface area contributed by atoms with Gasteiger partial charge in [0.25, 0.3) is 0 Å². The average molecular weight is 331 g/mol. The third kappa shape index (κ3) is 2.52. The molecular formula is C12H13BrClN3O. The highest BCUT2D eigenvalue weighted by Crippen LogP contribution is 2.22. The van der Waals surface area contributed by atoms with Crippen LogP contribution in [0.3, 0.4) is 0 Å². The first-order valence-corrected chi connectivity index (χ1v) is 6.76. The van der Waals surface area contributed by atoms with Gasteiger partial charge < -0.3 is 9.47 Å². The van der Waals surface area contributed by atoms with Gasteiger partial charge in [0, 0.05) is 18.6 Å². The lowest BCUT2D eigenvalue weighted by atomic mass is 10.3. The fourth-order valence-corrected chi connectivity index (χ4v) is 2.25. The van der Waals surface area contributed by atoms with Crippen LogP contribution in [0, 0.1) is 0 Å². The van der Waals surface area contributed by atoms with Crippen molar-refractivity contribution in [3.8, 4) is 0 Å². The summed E-state index contributed by atoms with van der Waals surface area (Å²) < 4.78 is 2.81. The van der Waals surface area contributed by atoms with E-state index < -0.39 is 0 Å². The van der Waals surface area contributed by atoms with E-state index in [1.165, 1.54) is 0 Å². The quantitative estimate of drug-likeness (QED) is 0.812. The highest BCUT2D eigenvalue weighted by molar-refractivity contribution is 9.10. The standard InChI is InChI=1S/C12H13BrClN3O/c1-16(2)12(18)7-17-10-5-8(13)3-4-9(10)15-11(17)6-14/h3-5H,6-7H2,1-2H3. The minimum Gasteiger partial charge on any atom is -0.347 e. The molecule has 0 N–H and O–H groups in total. The summed E-state index contributed by atoms with van der Waals surface area (Å²) in [7, 11) is 3.47. The second-order valence-corrected chi connectivity index (χ2v) is 5.35. The summed E-state index contributed by atoms with van der Waals surface area (Å²) in [5.41, 5.74) is 1.76. The van der Waals surface area contributed by atoms with E-state index in [2.05, 4.69) is 20.9 Å². The summed E-state index contributed by atoms with van der Waals surface area (Å²) in [5.74, 6) is 1.01. The van der Waals surface area contributed by atoms with E-state index in [0.717, 1.165) is 15.5 Å². The number of imidazole rings is 1. The second-order valence-electron chi connectivity index (χ2n) is 4.17. The van der Waals surface area contributed by atoms with Crippen molar-refractivity contribution >= 4 is 44.5 Å². The van der Waals surface area contributed by atoms with E-state index in [1.807, 2.05) is 22.8 Å². The molecule has 0 aliphatic heterocycles. The van der Waals surface area contributed by atoms with E-state index in [1.54, 1.807) is 19.0 Å². The molecule has 0 aliphatic rings. The summed E-state index contributed by atoms with van der Waals surface area (Å²) in [6.07, 6.45) is 0. The van der Waals surface area contributed by atoms with Crippen molar-refractivity contribution in [1.82, 2.24) is 14.5 Å². The normalized spacial score (nSPS) is 10.9. The molecule has 18 heavy (non-hydrogen) atoms. The molecule has 0 fully saturated rings. The third-order valence-electron chi connectivity index (χ3n) is 2.70. The van der Waals surface area contributed by atoms with Crippen LogP contribution in [-0.4, -0.2) is 34.5 Å². The van der Waals surface area contributed by atoms with Crippen LogP contribution in [0.2, 0.25) is 0 Å². The lowest BCUT2D eigenvalue weighted by molar-refractivity contribution is -0.129. The molecule has 0 aliphatic carbocycles. The van der Waals surface area contributed by atoms with Gasteiger partial charge in [0.2, 0.25) is 5.91 Å². The average Bonchev–Trinajstić information content (AvgIpc) is 2.67. The Hall–Kier alpha value is -1.07. The molecule has 4 nitrogen and oxygen atoms in total. The zero-order valence-electron chi connectivity index (χ0n) is 10.2. The van der Waals surface area contributed by atoms with Gasteiger partial charge in [-0.25, -0.2) is 4.98 Å². The SMILES string of the molecule is CN(C)C(=O)Cn1c(CCl)nc2ccc(Br)cc21. The van der Waals surface area contributed by atoms with E-state index in [0.29, 0.717) is 5.82 Å². The third-order valence-corrected chi connectivity index (χ3v) is 3.43. The number of benzene rings is 1. The molecule has 96 valence electrons. The number of carbonyl (C=O) groups excluding carboxylic acids is 1. The van der Waals surface area contributed by atoms with Crippen LogP contribution in [0.15, 0.2) is 22.7 Å². The molecule has 0 bridgehead atoms. The van der Waals surface area contributed by atoms with Crippen LogP contribution in [0.4, 0.5) is 0 Å². The van der Waals surface area contributed by atoms with Crippen molar-refractivity contribution in [2.24, 2.45) is 0 Å². The van der Waals surface area contributed by atoms with Gasteiger partial charge in [-0.15, -0.1) is 11.6 Å². The molecule has 0 saturated carbocycles. The molecule has 2 aromatic rings. The highest BCUT2D eigenvalue weighted by atomic mass is 79.9. The van der Waals surface area contributed by atoms with Crippen molar-refractivity contribution in [3.05, 3.63) is 28.5 Å². The summed E-state index contributed by atoms with van der Waals surface area (Å²) >= 11 is 9.31. The number of hydrogen-bond acceptors (Lipinski definition) is 2. The van der Waals surface area contributed by atoms with Gasteiger partial charge in [0.15, 0.2) is 0 Å². The predicted octanol–water partition coefficient (Wildman–Crippen LogP) is 2.63. The van der Waals surface area contributed by atoms with Gasteiger partial charge in [0.1, 0.15) is 12.4 Å². The minimum absolute atomic E-state index is 0.0145. The molecular weight excluding hydrogens is 318 g/mol. The van der Waals surface area contributed by atoms with Crippen LogP contribution in [0.25, 0.3) is 11.0 Å². The van der Waals surface area contributed by atoms with Crippen LogP contribution in [-0.2, 0) is 17.2 Å². The first-order valence-electron chi connectivity index (χ1n) is 5.43. The number of rotatable bonds is 3. The Balaban J connectivity index is 2.52. The van der Waals surface area contributed by atoms with E-state index in [-0.39, 0.29) is 18.3 Å². The molecule has 1 aromatic carbocycles. The number of amides is 1. The fraction of sp³-hybridized carbons (Fsp3) is 0.333. The Morgan fingerprint density at radius 3 is 2.83 bits per heavy atom. The van der Waals surface area contributed by atoms with Crippen molar-refractivity contribution in [1.29, 1.82) is 0 Å². The highest BCUT2D eigenvalue weighted by Gasteiger charge is 2.14. The van der Waals surface area contributed by atoms with Crippen molar-refractivity contribution in [2.75, 3.05) is 14.1 Å². The largest absolute Gasteiger partial charge is 0.347 e. The van der Waals surface area contributed by atoms with E-state index >= 15 is 0 Å². The Morgan fingerprint density at radius 2 is 2.22 bits per heavy atom. The van der Waals surface area contributed by atoms with Crippen LogP contribution < -0.4 is 0 Å². The Morgan fingerprint density at radius 1 is 1.50 bits per heavy atom. The number of likely N-dealkylation sites (N-methyl/N-ethyl adjacent to an activating group) is 1. The van der Waals surface area contributed by atoms with E-state index in [4.69, 9.17) is 11.6 Å². The number of nitrogens with zero attached hydrogens (tertiary/aromatic N) is 3. The summed E-state index contributed by atoms with van der Waals surface area (Å²) in [6.45, 7) is 0.252. The van der Waals surface area contributed by atoms with Gasteiger partial charge in [-0.1, -0.05) is 15.9 Å². The maximum Gasteiger partial charge on any atom is 0.242 e. The second kappa shape index (κ2) is 5.28. The molecule has 0 atom stereocenters. The maximum atomic E-state index is 11.8. The summed E-state index contributed by atoms with van der Waals surface area (Å²) in [5, 5.41) is 0. The Bertz CT molecular complexity index is 594. The topological polar surface area (TPSA) is 38.1 Å². The van der Waals surface area contributed by atoms with Gasteiger partial charge >= 0.3 is 0 Å². The minimum atomic E-state index is 0.0145. The van der Waals surface area contributed by atoms with Crippen LogP contribution in [0.1, 0.15) is 5.82 Å². The molecule has 1 aromatic heterocycles. The molecule has 0 radical (unpaired) electrons. The number of fused-ring (bicyclic) bond motifs is 1. The number of hydrogen-bond donors (Lipinski definition) is 0. The molecule has 0 saturated heterocycles. The van der Waals surface area contributed by atoms with E-state index in [9.17, 15) is 4.79 Å². The van der Waals surface area contributed by atoms with Crippen molar-refractivity contribution in [2.45, 2.75) is 12.4 Å². The first kappa shape index (κ1) is 13.4. The summed E-state index contributed by atoms with van der Waals surface area (Å²) in [4.78, 5) is 17.8. The Kier molecular flexibility index (Phi) is 3.92. The van der Waals surface area contributed by atoms with Gasteiger partial charge in [-0.2, -0.15) is 0 Å². The lowest BCUT2D eigenvalue weighted by Crippen LogP contribution is -2.26. The zero-order valence-corrected chi connectivity index (χ0v) is 12.5. The maximum absolute atomic E-state index is 11.8. The lowest BCUT2D eigenvalue weighted by Gasteiger charge is -2.12. The first-order chi connectivity index (χ1) is 8.52. The van der Waals surface area contributed by atoms with Gasteiger partial charge in [-0.3, -0.25) is 4.79 Å². The van der Waals surface area contributed by atoms with Crippen molar-refractivity contribution < 1.29 is 4.79 Å². The van der Waals surface area contributed by atoms with Gasteiger partial charge in [-0.05, 0) is 18.2 Å². The molecule has 0 unspecified atom stereocenters. The zero-order chi connectivity index (χ0) is 13.3. The van der Waals surface area contributed by atoms with Crippen LogP contribution >= 0.6 is 27.5 Å². The summed E-state index contributed by atoms with van der Waals surface area (Å²) in [6, 6.07) is 5.78. The predicted molar refractivity (Wildman–Crippen MR) is 75.7 cm³/mol. The van der Waals surface area contributed by atoms with Crippen molar-refractivity contribution in [3.63, 3.8) is 0 Å². The van der Waals surface area contributed by atoms with Gasteiger partial charge in [0.05, 0.1) is 16.9 Å². The fourth-order valence-electron chi connectivity index (χ4n) is 1.70. The molecule has 0 spiro atoms. The number of alkyl halides is 1. The molecule has 6 heteroatoms. The number of halogens is 2. The molecule has 2 rings (SSSR count). The monoisotopic (exact) mass is 329 g/mol. The number of aromatic nitrogens is 2. The van der Waals surface area contributed by atoms with Crippen LogP contribution in [0.5, 0.6) is 0 Å². The number of carbonyl (C=O) groups is 1. The molecule has 1 amide bonds.